The topological polar surface area (TPSA) is 140 Å². The van der Waals surface area contributed by atoms with Crippen LogP contribution in [0.5, 0.6) is 11.6 Å². The van der Waals surface area contributed by atoms with Crippen molar-refractivity contribution in [3.8, 4) is 11.6 Å². The van der Waals surface area contributed by atoms with E-state index in [1.165, 1.54) is 6.20 Å². The molecule has 0 unspecified atom stereocenters. The molecule has 0 atom stereocenters. The van der Waals surface area contributed by atoms with Gasteiger partial charge in [0.25, 0.3) is 11.8 Å². The first-order valence-corrected chi connectivity index (χ1v) is 8.86. The summed E-state index contributed by atoms with van der Waals surface area (Å²) in [6, 6.07) is 0. The number of amides is 1. The standard InChI is InChI=1S/C15H20N8O4/c24-15(18-13-19-21-22-20-13)27-11-9-16-14(23-5-7-25-8-6-23)17-12(11)26-10-3-1-2-4-10/h9-10H,1-8H2,(H2,18,19,20,21,22,24). The highest BCUT2D eigenvalue weighted by Crippen LogP contribution is 2.31. The molecule has 3 heterocycles. The summed E-state index contributed by atoms with van der Waals surface area (Å²) < 4.78 is 16.7. The summed E-state index contributed by atoms with van der Waals surface area (Å²) in [6.07, 6.45) is 4.84. The number of nitrogens with one attached hydrogen (secondary N) is 2. The molecule has 0 radical (unpaired) electrons. The molecule has 1 saturated heterocycles. The van der Waals surface area contributed by atoms with Gasteiger partial charge in [-0.3, -0.25) is 5.32 Å². The van der Waals surface area contributed by atoms with E-state index in [0.717, 1.165) is 25.7 Å². The number of anilines is 2. The summed E-state index contributed by atoms with van der Waals surface area (Å²) in [5.41, 5.74) is 0. The van der Waals surface area contributed by atoms with Gasteiger partial charge in [0, 0.05) is 13.1 Å². The molecule has 1 saturated carbocycles. The van der Waals surface area contributed by atoms with Gasteiger partial charge in [0.2, 0.25) is 11.7 Å². The van der Waals surface area contributed by atoms with Crippen molar-refractivity contribution in [3.05, 3.63) is 6.20 Å². The van der Waals surface area contributed by atoms with Crippen LogP contribution >= 0.6 is 0 Å². The predicted octanol–water partition coefficient (Wildman–Crippen LogP) is 0.759. The van der Waals surface area contributed by atoms with Crippen molar-refractivity contribution >= 4 is 18.0 Å². The SMILES string of the molecule is O=C(Nc1nn[nH]n1)Oc1cnc(N2CCOCC2)nc1OC1CCCC1. The van der Waals surface area contributed by atoms with Gasteiger partial charge in [-0.2, -0.15) is 10.2 Å². The van der Waals surface area contributed by atoms with Crippen LogP contribution in [0.15, 0.2) is 6.20 Å². The third kappa shape index (κ3) is 4.39. The number of carbonyl (C=O) groups excluding carboxylic acids is 1. The molecule has 0 aromatic carbocycles. The lowest BCUT2D eigenvalue weighted by atomic mass is 10.3. The Morgan fingerprint density at radius 3 is 2.85 bits per heavy atom. The summed E-state index contributed by atoms with van der Waals surface area (Å²) >= 11 is 0. The first-order valence-electron chi connectivity index (χ1n) is 8.86. The van der Waals surface area contributed by atoms with E-state index < -0.39 is 6.09 Å². The van der Waals surface area contributed by atoms with Gasteiger partial charge in [0.05, 0.1) is 19.4 Å². The number of hydrogen-bond acceptors (Lipinski definition) is 10. The number of aromatic amines is 1. The molecule has 2 aliphatic rings. The number of H-pyrrole nitrogens is 1. The van der Waals surface area contributed by atoms with Crippen LogP contribution in [0.2, 0.25) is 0 Å². The van der Waals surface area contributed by atoms with Gasteiger partial charge in [-0.25, -0.2) is 9.78 Å². The molecule has 144 valence electrons. The van der Waals surface area contributed by atoms with Crippen molar-refractivity contribution in [2.24, 2.45) is 0 Å². The highest BCUT2D eigenvalue weighted by atomic mass is 16.6. The number of rotatable bonds is 5. The molecule has 4 rings (SSSR count). The summed E-state index contributed by atoms with van der Waals surface area (Å²) in [5, 5.41) is 15.2. The van der Waals surface area contributed by atoms with Crippen LogP contribution in [-0.2, 0) is 4.74 Å². The molecule has 12 nitrogen and oxygen atoms in total. The minimum Gasteiger partial charge on any atom is -0.472 e. The van der Waals surface area contributed by atoms with Gasteiger partial charge in [-0.15, -0.1) is 5.10 Å². The third-order valence-electron chi connectivity index (χ3n) is 4.35. The number of morpholine rings is 1. The minimum absolute atomic E-state index is 0.00381. The molecule has 12 heteroatoms. The molecule has 1 aliphatic heterocycles. The number of aromatic nitrogens is 6. The monoisotopic (exact) mass is 376 g/mol. The zero-order chi connectivity index (χ0) is 18.5. The lowest BCUT2D eigenvalue weighted by Gasteiger charge is -2.27. The Labute approximate surface area is 154 Å². The molecule has 2 aromatic heterocycles. The first kappa shape index (κ1) is 17.4. The van der Waals surface area contributed by atoms with E-state index in [-0.39, 0.29) is 23.7 Å². The van der Waals surface area contributed by atoms with Gasteiger partial charge in [-0.05, 0) is 30.9 Å². The van der Waals surface area contributed by atoms with Crippen molar-refractivity contribution in [1.29, 1.82) is 0 Å². The number of carbonyl (C=O) groups is 1. The van der Waals surface area contributed by atoms with Gasteiger partial charge in [0.1, 0.15) is 6.10 Å². The Bertz CT molecular complexity index is 759. The van der Waals surface area contributed by atoms with Crippen molar-refractivity contribution in [1.82, 2.24) is 30.6 Å². The molecule has 0 spiro atoms. The second-order valence-corrected chi connectivity index (χ2v) is 6.21. The molecular weight excluding hydrogens is 356 g/mol. The van der Waals surface area contributed by atoms with E-state index in [0.29, 0.717) is 32.3 Å². The predicted molar refractivity (Wildman–Crippen MR) is 91.8 cm³/mol. The summed E-state index contributed by atoms with van der Waals surface area (Å²) in [6.45, 7) is 2.63. The summed E-state index contributed by atoms with van der Waals surface area (Å²) in [5.74, 6) is 0.919. The second-order valence-electron chi connectivity index (χ2n) is 6.21. The lowest BCUT2D eigenvalue weighted by molar-refractivity contribution is 0.121. The number of tetrazole rings is 1. The largest absolute Gasteiger partial charge is 0.472 e. The number of hydrogen-bond donors (Lipinski definition) is 2. The molecule has 27 heavy (non-hydrogen) atoms. The molecule has 1 aliphatic carbocycles. The van der Waals surface area contributed by atoms with E-state index in [4.69, 9.17) is 14.2 Å². The molecule has 0 bridgehead atoms. The maximum Gasteiger partial charge on any atom is 0.419 e. The van der Waals surface area contributed by atoms with Crippen molar-refractivity contribution in [2.75, 3.05) is 36.5 Å². The van der Waals surface area contributed by atoms with Crippen molar-refractivity contribution < 1.29 is 19.0 Å². The fraction of sp³-hybridized carbons (Fsp3) is 0.600. The van der Waals surface area contributed by atoms with Gasteiger partial charge in [-0.1, -0.05) is 5.10 Å². The first-order chi connectivity index (χ1) is 13.3. The fourth-order valence-corrected chi connectivity index (χ4v) is 3.01. The quantitative estimate of drug-likeness (QED) is 0.768. The van der Waals surface area contributed by atoms with Crippen molar-refractivity contribution in [2.45, 2.75) is 31.8 Å². The van der Waals surface area contributed by atoms with Gasteiger partial charge in [0.15, 0.2) is 0 Å². The summed E-state index contributed by atoms with van der Waals surface area (Å²) in [7, 11) is 0. The zero-order valence-corrected chi connectivity index (χ0v) is 14.6. The highest BCUT2D eigenvalue weighted by molar-refractivity contribution is 5.84. The van der Waals surface area contributed by atoms with Gasteiger partial charge < -0.3 is 19.1 Å². The van der Waals surface area contributed by atoms with E-state index >= 15 is 0 Å². The average molecular weight is 376 g/mol. The molecule has 1 amide bonds. The van der Waals surface area contributed by atoms with Crippen LogP contribution in [0.4, 0.5) is 16.7 Å². The minimum atomic E-state index is -0.782. The maximum absolute atomic E-state index is 12.1. The highest BCUT2D eigenvalue weighted by Gasteiger charge is 2.23. The fourth-order valence-electron chi connectivity index (χ4n) is 3.01. The van der Waals surface area contributed by atoms with E-state index in [1.807, 2.05) is 4.90 Å². The molecule has 2 aromatic rings. The Kier molecular flexibility index (Phi) is 5.23. The number of ether oxygens (including phenoxy) is 3. The van der Waals surface area contributed by atoms with Crippen LogP contribution in [-0.4, -0.2) is 69.1 Å². The Balaban J connectivity index is 1.51. The molecule has 2 N–H and O–H groups in total. The van der Waals surface area contributed by atoms with Crippen LogP contribution in [0.3, 0.4) is 0 Å². The second kappa shape index (κ2) is 8.12. The lowest BCUT2D eigenvalue weighted by Crippen LogP contribution is -2.37. The van der Waals surface area contributed by atoms with E-state index in [1.54, 1.807) is 0 Å². The van der Waals surface area contributed by atoms with E-state index in [2.05, 4.69) is 35.9 Å². The Morgan fingerprint density at radius 1 is 1.30 bits per heavy atom. The van der Waals surface area contributed by atoms with Crippen LogP contribution in [0.25, 0.3) is 0 Å². The van der Waals surface area contributed by atoms with Gasteiger partial charge >= 0.3 is 6.09 Å². The zero-order valence-electron chi connectivity index (χ0n) is 14.6. The summed E-state index contributed by atoms with van der Waals surface area (Å²) in [4.78, 5) is 22.9. The smallest absolute Gasteiger partial charge is 0.419 e. The average Bonchev–Trinajstić information content (AvgIpc) is 3.38. The normalized spacial score (nSPS) is 17.7. The molecular formula is C15H20N8O4. The van der Waals surface area contributed by atoms with Crippen LogP contribution in [0.1, 0.15) is 25.7 Å². The number of nitrogens with zero attached hydrogens (tertiary/aromatic N) is 6. The Morgan fingerprint density at radius 2 is 2.11 bits per heavy atom. The van der Waals surface area contributed by atoms with Crippen molar-refractivity contribution in [3.63, 3.8) is 0 Å². The van der Waals surface area contributed by atoms with Crippen LogP contribution < -0.4 is 19.7 Å². The maximum atomic E-state index is 12.1. The third-order valence-corrected chi connectivity index (χ3v) is 4.35. The van der Waals surface area contributed by atoms with E-state index in [9.17, 15) is 4.79 Å². The van der Waals surface area contributed by atoms with Crippen LogP contribution in [0, 0.1) is 0 Å². The molecule has 2 fully saturated rings. The Hall–Kier alpha value is -3.02.